The Morgan fingerprint density at radius 2 is 1.80 bits per heavy atom. The number of Topliss-reactive ketones (excluding diaryl/α,β-unsaturated/α-hetero) is 1. The highest BCUT2D eigenvalue weighted by Crippen LogP contribution is 2.37. The molecule has 84 valence electrons. The van der Waals surface area contributed by atoms with Gasteiger partial charge in [0.15, 0.2) is 5.67 Å². The Hall–Kier alpha value is -0.910. The molecule has 1 heterocycles. The molecule has 0 aromatic carbocycles. The summed E-state index contributed by atoms with van der Waals surface area (Å²) in [6.07, 6.45) is -4.61. The van der Waals surface area contributed by atoms with Crippen molar-refractivity contribution in [1.82, 2.24) is 0 Å². The van der Waals surface area contributed by atoms with E-state index in [1.54, 1.807) is 0 Å². The van der Waals surface area contributed by atoms with Gasteiger partial charge >= 0.3 is 6.18 Å². The Morgan fingerprint density at radius 1 is 1.27 bits per heavy atom. The highest BCUT2D eigenvalue weighted by Gasteiger charge is 2.40. The SMILES string of the molecule is CC(C)(F)C(=O)c1ccsc1C(F)(F)F. The van der Waals surface area contributed by atoms with Gasteiger partial charge in [-0.25, -0.2) is 4.39 Å². The van der Waals surface area contributed by atoms with Crippen LogP contribution in [0.5, 0.6) is 0 Å². The van der Waals surface area contributed by atoms with Gasteiger partial charge in [0.25, 0.3) is 0 Å². The van der Waals surface area contributed by atoms with Gasteiger partial charge in [-0.05, 0) is 25.3 Å². The van der Waals surface area contributed by atoms with E-state index in [0.717, 1.165) is 25.3 Å². The van der Waals surface area contributed by atoms with Crippen LogP contribution in [0.4, 0.5) is 17.6 Å². The van der Waals surface area contributed by atoms with E-state index in [1.807, 2.05) is 0 Å². The molecule has 0 saturated heterocycles. The number of hydrogen-bond donors (Lipinski definition) is 0. The van der Waals surface area contributed by atoms with Gasteiger partial charge in [-0.2, -0.15) is 13.2 Å². The fourth-order valence-corrected chi connectivity index (χ4v) is 1.79. The van der Waals surface area contributed by atoms with Crippen LogP contribution in [0.15, 0.2) is 11.4 Å². The van der Waals surface area contributed by atoms with E-state index in [0.29, 0.717) is 11.3 Å². The average molecular weight is 240 g/mol. The topological polar surface area (TPSA) is 17.1 Å². The molecule has 1 aromatic rings. The summed E-state index contributed by atoms with van der Waals surface area (Å²) in [7, 11) is 0. The third-order valence-corrected chi connectivity index (χ3v) is 2.67. The summed E-state index contributed by atoms with van der Waals surface area (Å²) in [5.41, 5.74) is -2.89. The van der Waals surface area contributed by atoms with Crippen molar-refractivity contribution in [3.05, 3.63) is 21.9 Å². The summed E-state index contributed by atoms with van der Waals surface area (Å²) in [5.74, 6) is -1.14. The van der Waals surface area contributed by atoms with Crippen LogP contribution in [0.3, 0.4) is 0 Å². The quantitative estimate of drug-likeness (QED) is 0.569. The minimum atomic E-state index is -4.61. The van der Waals surface area contributed by atoms with Crippen LogP contribution in [-0.4, -0.2) is 11.5 Å². The molecule has 1 aromatic heterocycles. The van der Waals surface area contributed by atoms with Crippen LogP contribution in [0.25, 0.3) is 0 Å². The Bertz CT molecular complexity index is 372. The van der Waals surface area contributed by atoms with Crippen LogP contribution in [0.1, 0.15) is 29.1 Å². The Labute approximate surface area is 87.7 Å². The van der Waals surface area contributed by atoms with Crippen LogP contribution in [0.2, 0.25) is 0 Å². The summed E-state index contributed by atoms with van der Waals surface area (Å²) >= 11 is 0.388. The Balaban J connectivity index is 3.18. The molecule has 0 amide bonds. The lowest BCUT2D eigenvalue weighted by atomic mass is 9.99. The molecule has 0 aliphatic carbocycles. The molecule has 0 radical (unpaired) electrons. The summed E-state index contributed by atoms with van der Waals surface area (Å²) in [5, 5.41) is 1.13. The maximum absolute atomic E-state index is 13.2. The molecule has 0 atom stereocenters. The lowest BCUT2D eigenvalue weighted by molar-refractivity contribution is -0.134. The molecule has 0 aliphatic rings. The molecule has 1 nitrogen and oxygen atoms in total. The monoisotopic (exact) mass is 240 g/mol. The van der Waals surface area contributed by atoms with Gasteiger partial charge in [-0.15, -0.1) is 11.3 Å². The number of thiophene rings is 1. The highest BCUT2D eigenvalue weighted by molar-refractivity contribution is 7.10. The van der Waals surface area contributed by atoms with Crippen molar-refractivity contribution in [2.24, 2.45) is 0 Å². The summed E-state index contributed by atoms with van der Waals surface area (Å²) in [6.45, 7) is 1.88. The molecular formula is C9H8F4OS. The fourth-order valence-electron chi connectivity index (χ4n) is 1.03. The number of halogens is 4. The highest BCUT2D eigenvalue weighted by atomic mass is 32.1. The number of carbonyl (C=O) groups is 1. The second-order valence-corrected chi connectivity index (χ2v) is 4.38. The molecule has 0 fully saturated rings. The molecule has 1 rings (SSSR count). The van der Waals surface area contributed by atoms with Gasteiger partial charge in [-0.3, -0.25) is 4.79 Å². The minimum Gasteiger partial charge on any atom is -0.291 e. The maximum Gasteiger partial charge on any atom is 0.426 e. The van der Waals surface area contributed by atoms with Crippen molar-refractivity contribution in [1.29, 1.82) is 0 Å². The first-order valence-electron chi connectivity index (χ1n) is 4.02. The second-order valence-electron chi connectivity index (χ2n) is 3.46. The first kappa shape index (κ1) is 12.2. The summed E-state index contributed by atoms with van der Waals surface area (Å²) in [6, 6.07) is 0.997. The van der Waals surface area contributed by atoms with E-state index >= 15 is 0 Å². The van der Waals surface area contributed by atoms with Crippen LogP contribution in [-0.2, 0) is 6.18 Å². The molecular weight excluding hydrogens is 232 g/mol. The number of ketones is 1. The zero-order valence-electron chi connectivity index (χ0n) is 7.98. The standard InChI is InChI=1S/C9H8F4OS/c1-8(2,10)6(14)5-3-4-15-7(5)9(11,12)13/h3-4H,1-2H3. The first-order valence-corrected chi connectivity index (χ1v) is 4.90. The van der Waals surface area contributed by atoms with E-state index in [1.165, 1.54) is 0 Å². The zero-order chi connectivity index (χ0) is 11.9. The second kappa shape index (κ2) is 3.59. The molecule has 6 heteroatoms. The fraction of sp³-hybridized carbons (Fsp3) is 0.444. The van der Waals surface area contributed by atoms with Crippen LogP contribution >= 0.6 is 11.3 Å². The van der Waals surface area contributed by atoms with Crippen molar-refractivity contribution < 1.29 is 22.4 Å². The normalized spacial score (nSPS) is 12.9. The molecule has 0 bridgehead atoms. The third kappa shape index (κ3) is 2.56. The Morgan fingerprint density at radius 3 is 2.20 bits per heavy atom. The van der Waals surface area contributed by atoms with Gasteiger partial charge in [0.05, 0.1) is 0 Å². The van der Waals surface area contributed by atoms with Crippen molar-refractivity contribution in [2.45, 2.75) is 25.7 Å². The van der Waals surface area contributed by atoms with Gasteiger partial charge in [0.2, 0.25) is 5.78 Å². The summed E-state index contributed by atoms with van der Waals surface area (Å²) in [4.78, 5) is 10.3. The average Bonchev–Trinajstić information content (AvgIpc) is 2.47. The molecule has 0 N–H and O–H groups in total. The van der Waals surface area contributed by atoms with E-state index in [-0.39, 0.29) is 0 Å². The zero-order valence-corrected chi connectivity index (χ0v) is 8.80. The lowest BCUT2D eigenvalue weighted by Crippen LogP contribution is -2.27. The lowest BCUT2D eigenvalue weighted by Gasteiger charge is -2.13. The number of carbonyl (C=O) groups excluding carboxylic acids is 1. The van der Waals surface area contributed by atoms with Gasteiger partial charge in [-0.1, -0.05) is 0 Å². The molecule has 0 aliphatic heterocycles. The number of alkyl halides is 4. The maximum atomic E-state index is 13.2. The van der Waals surface area contributed by atoms with E-state index in [2.05, 4.69) is 0 Å². The first-order chi connectivity index (χ1) is 6.64. The summed E-state index contributed by atoms with van der Waals surface area (Å²) < 4.78 is 50.3. The van der Waals surface area contributed by atoms with Crippen molar-refractivity contribution in [3.63, 3.8) is 0 Å². The van der Waals surface area contributed by atoms with Crippen LogP contribution in [0, 0.1) is 0 Å². The van der Waals surface area contributed by atoms with Gasteiger partial charge in [0, 0.05) is 5.56 Å². The molecule has 0 spiro atoms. The molecule has 0 unspecified atom stereocenters. The van der Waals surface area contributed by atoms with Crippen molar-refractivity contribution in [2.75, 3.05) is 0 Å². The molecule has 15 heavy (non-hydrogen) atoms. The third-order valence-electron chi connectivity index (χ3n) is 1.71. The number of rotatable bonds is 2. The van der Waals surface area contributed by atoms with Crippen molar-refractivity contribution >= 4 is 17.1 Å². The van der Waals surface area contributed by atoms with Crippen molar-refractivity contribution in [3.8, 4) is 0 Å². The predicted octanol–water partition coefficient (Wildman–Crippen LogP) is 3.70. The number of hydrogen-bond acceptors (Lipinski definition) is 2. The smallest absolute Gasteiger partial charge is 0.291 e. The predicted molar refractivity (Wildman–Crippen MR) is 48.8 cm³/mol. The van der Waals surface area contributed by atoms with Crippen LogP contribution < -0.4 is 0 Å². The van der Waals surface area contributed by atoms with E-state index in [9.17, 15) is 22.4 Å². The van der Waals surface area contributed by atoms with Gasteiger partial charge in [0.1, 0.15) is 4.88 Å². The van der Waals surface area contributed by atoms with Gasteiger partial charge < -0.3 is 0 Å². The largest absolute Gasteiger partial charge is 0.426 e. The Kier molecular flexibility index (Phi) is 2.91. The molecule has 0 saturated carbocycles. The van der Waals surface area contributed by atoms with E-state index in [4.69, 9.17) is 0 Å². The minimum absolute atomic E-state index is 0.388. The van der Waals surface area contributed by atoms with E-state index < -0.39 is 28.1 Å².